The fourth-order valence-corrected chi connectivity index (χ4v) is 18.1. The van der Waals surface area contributed by atoms with E-state index in [0.29, 0.717) is 0 Å². The summed E-state index contributed by atoms with van der Waals surface area (Å²) in [5, 5.41) is 0.174. The number of halogens is 4. The Morgan fingerprint density at radius 2 is 1.25 bits per heavy atom. The average Bonchev–Trinajstić information content (AvgIpc) is 2.06. The van der Waals surface area contributed by atoms with Crippen molar-refractivity contribution < 1.29 is 0 Å². The highest BCUT2D eigenvalue weighted by Crippen LogP contribution is 2.44. The molecule has 0 aliphatic rings. The van der Waals surface area contributed by atoms with Crippen LogP contribution in [0.25, 0.3) is 0 Å². The summed E-state index contributed by atoms with van der Waals surface area (Å²) in [4.78, 5) is 0. The third-order valence-electron chi connectivity index (χ3n) is 2.82. The zero-order chi connectivity index (χ0) is 12.8. The van der Waals surface area contributed by atoms with E-state index in [0.717, 1.165) is 12.8 Å². The summed E-state index contributed by atoms with van der Waals surface area (Å²) in [5.41, 5.74) is 0. The Morgan fingerprint density at radius 1 is 0.812 bits per heavy atom. The van der Waals surface area contributed by atoms with Gasteiger partial charge in [0.05, 0.1) is 0 Å². The van der Waals surface area contributed by atoms with Crippen molar-refractivity contribution in [3.63, 3.8) is 0 Å². The third kappa shape index (κ3) is 7.83. The molecule has 0 bridgehead atoms. The molecule has 0 fully saturated rings. The molecule has 0 atom stereocenters. The van der Waals surface area contributed by atoms with Crippen molar-refractivity contribution in [3.05, 3.63) is 0 Å². The average molecular weight is 340 g/mol. The normalized spacial score (nSPS) is 13.5. The van der Waals surface area contributed by atoms with Crippen LogP contribution in [0.3, 0.4) is 0 Å². The molecule has 0 aliphatic carbocycles. The molecule has 0 aliphatic heterocycles. The van der Waals surface area contributed by atoms with E-state index >= 15 is 0 Å². The smallest absolute Gasteiger partial charge is 0.146 e. The van der Waals surface area contributed by atoms with Gasteiger partial charge in [0.1, 0.15) is 0 Å². The summed E-state index contributed by atoms with van der Waals surface area (Å²) in [6.45, 7) is 1.58. The van der Waals surface area contributed by atoms with E-state index in [-0.39, 0.29) is 5.16 Å². The van der Waals surface area contributed by atoms with Gasteiger partial charge in [-0.3, -0.25) is 0 Å². The molecular formula is C10H22Cl4Si2. The molecule has 0 rings (SSSR count). The van der Waals surface area contributed by atoms with Crippen LogP contribution in [0.4, 0.5) is 0 Å². The van der Waals surface area contributed by atoms with Crippen molar-refractivity contribution in [2.45, 2.75) is 63.7 Å². The zero-order valence-electron chi connectivity index (χ0n) is 10.3. The van der Waals surface area contributed by atoms with Gasteiger partial charge < -0.3 is 0 Å². The minimum Gasteiger partial charge on any atom is -0.146 e. The molecule has 0 unspecified atom stereocenters. The molecule has 0 saturated heterocycles. The van der Waals surface area contributed by atoms with Crippen LogP contribution in [-0.2, 0) is 0 Å². The molecule has 0 spiro atoms. The number of hydrogen-bond donors (Lipinski definition) is 0. The van der Waals surface area contributed by atoms with Crippen LogP contribution >= 0.6 is 44.3 Å². The second-order valence-corrected chi connectivity index (χ2v) is 21.0. The molecule has 98 valence electrons. The first-order chi connectivity index (χ1) is 7.19. The van der Waals surface area contributed by atoms with Crippen LogP contribution in [0.1, 0.15) is 45.4 Å². The lowest BCUT2D eigenvalue weighted by Gasteiger charge is -2.30. The van der Waals surface area contributed by atoms with Gasteiger partial charge in [0.15, 0.2) is 0 Å². The van der Waals surface area contributed by atoms with Crippen LogP contribution in [0.2, 0.25) is 18.3 Å². The van der Waals surface area contributed by atoms with Gasteiger partial charge in [-0.2, -0.15) is 0 Å². The molecule has 0 radical (unpaired) electrons. The van der Waals surface area contributed by atoms with Gasteiger partial charge in [-0.05, 0) is 13.1 Å². The van der Waals surface area contributed by atoms with Gasteiger partial charge in [0.2, 0.25) is 0 Å². The first-order valence-electron chi connectivity index (χ1n) is 5.95. The van der Waals surface area contributed by atoms with Crippen LogP contribution < -0.4 is 0 Å². The summed E-state index contributed by atoms with van der Waals surface area (Å²) in [6, 6.07) is 0. The van der Waals surface area contributed by atoms with Crippen molar-refractivity contribution in [2.24, 2.45) is 0 Å². The monoisotopic (exact) mass is 338 g/mol. The van der Waals surface area contributed by atoms with E-state index in [2.05, 4.69) is 6.92 Å². The van der Waals surface area contributed by atoms with Gasteiger partial charge in [-0.15, -0.1) is 44.3 Å². The molecule has 0 nitrogen and oxygen atoms in total. The molecule has 0 aromatic rings. The van der Waals surface area contributed by atoms with Crippen molar-refractivity contribution in [2.75, 3.05) is 0 Å². The van der Waals surface area contributed by atoms with E-state index < -0.39 is 13.4 Å². The molecule has 0 aromatic heterocycles. The molecule has 0 N–H and O–H groups in total. The standard InChI is InChI=1S/C10H22Cl4Si2/c1-4-5-6-7-8-9-10(15(2,11)12)16(3,13)14/h10H,4-9H2,1-3H3. The van der Waals surface area contributed by atoms with Crippen molar-refractivity contribution in [1.82, 2.24) is 0 Å². The Morgan fingerprint density at radius 3 is 1.62 bits per heavy atom. The number of unbranched alkanes of at least 4 members (excludes halogenated alkanes) is 4. The number of rotatable bonds is 8. The Labute approximate surface area is 121 Å². The SMILES string of the molecule is CCCCCCCC([Si](C)(Cl)Cl)[Si](C)(Cl)Cl. The zero-order valence-corrected chi connectivity index (χ0v) is 15.4. The first-order valence-corrected chi connectivity index (χ1v) is 15.2. The van der Waals surface area contributed by atoms with E-state index in [4.69, 9.17) is 44.3 Å². The van der Waals surface area contributed by atoms with E-state index in [1.165, 1.54) is 25.7 Å². The maximum atomic E-state index is 6.29. The predicted molar refractivity (Wildman–Crippen MR) is 83.8 cm³/mol. The lowest BCUT2D eigenvalue weighted by Crippen LogP contribution is -2.37. The molecule has 0 saturated carbocycles. The fraction of sp³-hybridized carbons (Fsp3) is 1.00. The molecule has 16 heavy (non-hydrogen) atoms. The Balaban J connectivity index is 4.06. The molecule has 0 amide bonds. The summed E-state index contributed by atoms with van der Waals surface area (Å²) >= 11 is 25.2. The Bertz CT molecular complexity index is 172. The lowest BCUT2D eigenvalue weighted by molar-refractivity contribution is 0.615. The highest BCUT2D eigenvalue weighted by atomic mass is 35.7. The van der Waals surface area contributed by atoms with E-state index in [1.807, 2.05) is 13.1 Å². The molecule has 6 heteroatoms. The van der Waals surface area contributed by atoms with Crippen LogP contribution in [0, 0.1) is 0 Å². The van der Waals surface area contributed by atoms with Crippen LogP contribution in [-0.4, -0.2) is 13.4 Å². The second-order valence-electron chi connectivity index (χ2n) is 4.67. The predicted octanol–water partition coefficient (Wildman–Crippen LogP) is 6.36. The topological polar surface area (TPSA) is 0 Å². The van der Waals surface area contributed by atoms with Crippen molar-refractivity contribution in [1.29, 1.82) is 0 Å². The van der Waals surface area contributed by atoms with E-state index in [9.17, 15) is 0 Å². The molecule has 0 aromatic carbocycles. The quantitative estimate of drug-likeness (QED) is 0.274. The minimum atomic E-state index is -2.25. The first kappa shape index (κ1) is 17.6. The molecular weight excluding hydrogens is 318 g/mol. The highest BCUT2D eigenvalue weighted by molar-refractivity contribution is 7.56. The summed E-state index contributed by atoms with van der Waals surface area (Å²) < 4.78 is 0. The van der Waals surface area contributed by atoms with Gasteiger partial charge in [-0.1, -0.05) is 45.4 Å². The fourth-order valence-electron chi connectivity index (χ4n) is 1.90. The molecule has 0 heterocycles. The largest absolute Gasteiger partial charge is 0.251 e. The summed E-state index contributed by atoms with van der Waals surface area (Å²) in [7, 11) is 0. The third-order valence-corrected chi connectivity index (χ3v) is 14.7. The van der Waals surface area contributed by atoms with Gasteiger partial charge in [0.25, 0.3) is 13.4 Å². The van der Waals surface area contributed by atoms with Crippen molar-refractivity contribution >= 4 is 57.7 Å². The maximum absolute atomic E-state index is 6.29. The van der Waals surface area contributed by atoms with Gasteiger partial charge in [0, 0.05) is 5.16 Å². The summed E-state index contributed by atoms with van der Waals surface area (Å²) in [5.74, 6) is 0. The summed E-state index contributed by atoms with van der Waals surface area (Å²) in [6.07, 6.45) is 7.23. The highest BCUT2D eigenvalue weighted by Gasteiger charge is 2.46. The Hall–Kier alpha value is 1.59. The Kier molecular flexibility index (Phi) is 8.69. The van der Waals surface area contributed by atoms with Crippen LogP contribution in [0.15, 0.2) is 0 Å². The maximum Gasteiger partial charge on any atom is 0.251 e. The van der Waals surface area contributed by atoms with E-state index in [1.54, 1.807) is 0 Å². The lowest BCUT2D eigenvalue weighted by atomic mass is 10.1. The van der Waals surface area contributed by atoms with Crippen molar-refractivity contribution in [3.8, 4) is 0 Å². The van der Waals surface area contributed by atoms with Gasteiger partial charge >= 0.3 is 0 Å². The number of hydrogen-bond acceptors (Lipinski definition) is 0. The van der Waals surface area contributed by atoms with Gasteiger partial charge in [-0.25, -0.2) is 0 Å². The van der Waals surface area contributed by atoms with Crippen LogP contribution in [0.5, 0.6) is 0 Å². The second kappa shape index (κ2) is 7.90. The minimum absolute atomic E-state index is 0.174.